The van der Waals surface area contributed by atoms with Crippen LogP contribution in [0.3, 0.4) is 0 Å². The highest BCUT2D eigenvalue weighted by Crippen LogP contribution is 2.34. The molecular weight excluding hydrogens is 384 g/mol. The van der Waals surface area contributed by atoms with Gasteiger partial charge in [-0.3, -0.25) is 4.79 Å². The molecule has 162 valence electrons. The predicted molar refractivity (Wildman–Crippen MR) is 113 cm³/mol. The van der Waals surface area contributed by atoms with E-state index < -0.39 is 0 Å². The van der Waals surface area contributed by atoms with Crippen LogP contribution in [0.1, 0.15) is 22.7 Å². The molecule has 1 heterocycles. The van der Waals surface area contributed by atoms with Crippen molar-refractivity contribution in [3.05, 3.63) is 53.1 Å². The molecule has 2 aromatic rings. The van der Waals surface area contributed by atoms with E-state index in [0.717, 1.165) is 31.0 Å². The Morgan fingerprint density at radius 3 is 2.53 bits per heavy atom. The van der Waals surface area contributed by atoms with Crippen molar-refractivity contribution >= 4 is 5.91 Å². The van der Waals surface area contributed by atoms with Crippen LogP contribution in [0, 0.1) is 0 Å². The second-order valence-corrected chi connectivity index (χ2v) is 7.38. The molecule has 1 unspecified atom stereocenters. The summed E-state index contributed by atoms with van der Waals surface area (Å²) in [5.41, 5.74) is 3.60. The molecule has 2 atom stereocenters. The van der Waals surface area contributed by atoms with E-state index in [-0.39, 0.29) is 18.6 Å². The summed E-state index contributed by atoms with van der Waals surface area (Å²) in [6, 6.07) is 12.3. The van der Waals surface area contributed by atoms with E-state index in [4.69, 9.17) is 18.9 Å². The fraction of sp³-hybridized carbons (Fsp3) is 0.435. The van der Waals surface area contributed by atoms with Crippen LogP contribution in [0.5, 0.6) is 17.2 Å². The molecule has 0 spiro atoms. The summed E-state index contributed by atoms with van der Waals surface area (Å²) >= 11 is 0. The molecule has 7 nitrogen and oxygen atoms in total. The third-order valence-electron chi connectivity index (χ3n) is 5.57. The largest absolute Gasteiger partial charge is 0.497 e. The average Bonchev–Trinajstić information content (AvgIpc) is 2.77. The third-order valence-corrected chi connectivity index (χ3v) is 5.57. The van der Waals surface area contributed by atoms with Gasteiger partial charge >= 0.3 is 0 Å². The number of hydrogen-bond donors (Lipinski definition) is 2. The van der Waals surface area contributed by atoms with Gasteiger partial charge < -0.3 is 29.2 Å². The molecule has 0 saturated carbocycles. The van der Waals surface area contributed by atoms with Gasteiger partial charge in [0.15, 0.2) is 11.5 Å². The molecule has 0 radical (unpaired) electrons. The number of carbonyl (C=O) groups excluding carboxylic acids is 1. The number of nitrogens with one attached hydrogen (secondary N) is 2. The molecule has 0 aromatic heterocycles. The van der Waals surface area contributed by atoms with Crippen molar-refractivity contribution in [3.63, 3.8) is 0 Å². The van der Waals surface area contributed by atoms with Crippen molar-refractivity contribution in [1.82, 2.24) is 5.32 Å². The summed E-state index contributed by atoms with van der Waals surface area (Å²) in [7, 11) is 6.49. The number of fused-ring (bicyclic) bond motifs is 1. The van der Waals surface area contributed by atoms with Crippen LogP contribution in [-0.2, 0) is 22.5 Å². The van der Waals surface area contributed by atoms with Crippen LogP contribution in [0.15, 0.2) is 36.4 Å². The second-order valence-electron chi connectivity index (χ2n) is 7.38. The molecule has 30 heavy (non-hydrogen) atoms. The van der Waals surface area contributed by atoms with E-state index in [0.29, 0.717) is 12.3 Å². The Morgan fingerprint density at radius 1 is 1.07 bits per heavy atom. The molecule has 0 bridgehead atoms. The van der Waals surface area contributed by atoms with Gasteiger partial charge in [-0.05, 0) is 29.8 Å². The first-order valence-electron chi connectivity index (χ1n) is 10.1. The number of ether oxygens (including phenoxy) is 4. The Kier molecular flexibility index (Phi) is 7.54. The van der Waals surface area contributed by atoms with Crippen molar-refractivity contribution in [2.45, 2.75) is 19.0 Å². The smallest absolute Gasteiger partial charge is 0.246 e. The lowest BCUT2D eigenvalue weighted by Gasteiger charge is -2.35. The van der Waals surface area contributed by atoms with Gasteiger partial charge in [0.25, 0.3) is 0 Å². The molecule has 0 fully saturated rings. The quantitative estimate of drug-likeness (QED) is 0.643. The standard InChI is InChI=1S/C23H30N2O5/c1-27-15-23(26)24-13-20-19-12-22(30-4)21(29-3)11-17(19)8-9-25(20)14-16-6-5-7-18(10-16)28-2/h5-7,10-12,20H,8-9,13-15H2,1-4H3,(H,24,26)/p+1/t20-/m0/s1. The molecule has 1 aliphatic rings. The summed E-state index contributed by atoms with van der Waals surface area (Å²) in [5, 5.41) is 3.02. The van der Waals surface area contributed by atoms with E-state index in [1.54, 1.807) is 21.3 Å². The van der Waals surface area contributed by atoms with Gasteiger partial charge in [0, 0.05) is 24.7 Å². The Bertz CT molecular complexity index is 871. The maximum atomic E-state index is 12.1. The lowest BCUT2D eigenvalue weighted by Crippen LogP contribution is -3.12. The Hall–Kier alpha value is -2.77. The zero-order valence-electron chi connectivity index (χ0n) is 18.1. The highest BCUT2D eigenvalue weighted by molar-refractivity contribution is 5.77. The van der Waals surface area contributed by atoms with Gasteiger partial charge in [-0.2, -0.15) is 0 Å². The van der Waals surface area contributed by atoms with E-state index in [1.165, 1.54) is 28.7 Å². The van der Waals surface area contributed by atoms with E-state index >= 15 is 0 Å². The Morgan fingerprint density at radius 2 is 1.83 bits per heavy atom. The van der Waals surface area contributed by atoms with Crippen molar-refractivity contribution in [2.24, 2.45) is 0 Å². The van der Waals surface area contributed by atoms with Crippen molar-refractivity contribution in [2.75, 3.05) is 48.1 Å². The molecule has 2 aromatic carbocycles. The molecule has 2 N–H and O–H groups in total. The fourth-order valence-electron chi connectivity index (χ4n) is 4.08. The monoisotopic (exact) mass is 415 g/mol. The molecule has 1 amide bonds. The molecule has 1 aliphatic heterocycles. The van der Waals surface area contributed by atoms with Crippen molar-refractivity contribution < 1.29 is 28.6 Å². The predicted octanol–water partition coefficient (Wildman–Crippen LogP) is 1.16. The highest BCUT2D eigenvalue weighted by atomic mass is 16.5. The third kappa shape index (κ3) is 5.04. The minimum absolute atomic E-state index is 0.0523. The molecular formula is C23H31N2O5+. The van der Waals surface area contributed by atoms with Gasteiger partial charge in [-0.25, -0.2) is 0 Å². The van der Waals surface area contributed by atoms with E-state index in [9.17, 15) is 4.79 Å². The average molecular weight is 416 g/mol. The molecule has 0 aliphatic carbocycles. The minimum Gasteiger partial charge on any atom is -0.497 e. The van der Waals surface area contributed by atoms with Gasteiger partial charge in [0.05, 0.1) is 34.4 Å². The lowest BCUT2D eigenvalue weighted by atomic mass is 9.91. The molecule has 0 saturated heterocycles. The van der Waals surface area contributed by atoms with Crippen molar-refractivity contribution in [3.8, 4) is 17.2 Å². The minimum atomic E-state index is -0.120. The number of rotatable bonds is 9. The maximum absolute atomic E-state index is 12.1. The van der Waals surface area contributed by atoms with Gasteiger partial charge in [0.2, 0.25) is 5.91 Å². The maximum Gasteiger partial charge on any atom is 0.246 e. The molecule has 3 rings (SSSR count). The second kappa shape index (κ2) is 10.3. The normalized spacial score (nSPS) is 17.7. The lowest BCUT2D eigenvalue weighted by molar-refractivity contribution is -0.945. The first-order valence-corrected chi connectivity index (χ1v) is 10.1. The topological polar surface area (TPSA) is 70.5 Å². The number of methoxy groups -OCH3 is 4. The fourth-order valence-corrected chi connectivity index (χ4v) is 4.08. The van der Waals surface area contributed by atoms with Crippen LogP contribution in [-0.4, -0.2) is 54.0 Å². The first-order chi connectivity index (χ1) is 14.6. The van der Waals surface area contributed by atoms with Crippen LogP contribution >= 0.6 is 0 Å². The number of carbonyl (C=O) groups is 1. The van der Waals surface area contributed by atoms with Crippen LogP contribution in [0.2, 0.25) is 0 Å². The Labute approximate surface area is 177 Å². The van der Waals surface area contributed by atoms with Gasteiger partial charge in [-0.15, -0.1) is 0 Å². The van der Waals surface area contributed by atoms with Crippen LogP contribution in [0.4, 0.5) is 0 Å². The number of quaternary nitrogens is 1. The van der Waals surface area contributed by atoms with E-state index in [2.05, 4.69) is 23.5 Å². The number of hydrogen-bond acceptors (Lipinski definition) is 5. The van der Waals surface area contributed by atoms with Crippen LogP contribution in [0.25, 0.3) is 0 Å². The van der Waals surface area contributed by atoms with Gasteiger partial charge in [-0.1, -0.05) is 12.1 Å². The van der Waals surface area contributed by atoms with Gasteiger partial charge in [0.1, 0.15) is 24.9 Å². The van der Waals surface area contributed by atoms with Crippen LogP contribution < -0.4 is 24.4 Å². The zero-order valence-corrected chi connectivity index (χ0v) is 18.1. The van der Waals surface area contributed by atoms with E-state index in [1.807, 2.05) is 18.2 Å². The summed E-state index contributed by atoms with van der Waals surface area (Å²) in [6.07, 6.45) is 0.928. The SMILES string of the molecule is COCC(=O)NC[C@H]1c2cc(OC)c(OC)cc2CC[NH+]1Cc1cccc(OC)c1. The highest BCUT2D eigenvalue weighted by Gasteiger charge is 2.33. The zero-order chi connectivity index (χ0) is 21.5. The summed E-state index contributed by atoms with van der Waals surface area (Å²) in [4.78, 5) is 13.4. The summed E-state index contributed by atoms with van der Waals surface area (Å²) < 4.78 is 21.4. The first kappa shape index (κ1) is 21.9. The number of amides is 1. The summed E-state index contributed by atoms with van der Waals surface area (Å²) in [5.74, 6) is 2.16. The Balaban J connectivity index is 1.90. The summed E-state index contributed by atoms with van der Waals surface area (Å²) in [6.45, 7) is 2.35. The van der Waals surface area contributed by atoms with Crippen molar-refractivity contribution in [1.29, 1.82) is 0 Å². The number of benzene rings is 2. The molecule has 7 heteroatoms.